The minimum atomic E-state index is 0.808. The second-order valence-electron chi connectivity index (χ2n) is 4.31. The van der Waals surface area contributed by atoms with Gasteiger partial charge in [-0.3, -0.25) is 0 Å². The summed E-state index contributed by atoms with van der Waals surface area (Å²) in [6.07, 6.45) is 4.82. The molecule has 0 spiro atoms. The van der Waals surface area contributed by atoms with Gasteiger partial charge < -0.3 is 5.73 Å². The lowest BCUT2D eigenvalue weighted by atomic mass is 10.0. The van der Waals surface area contributed by atoms with E-state index in [0.29, 0.717) is 0 Å². The number of rotatable bonds is 3. The maximum atomic E-state index is 5.60. The largest absolute Gasteiger partial charge is 0.330 e. The standard InChI is InChI=1S/C13H19N/c1-2-10-3-4-12-8-11(5-6-14)9-13(12)7-10/h3-4,7,11H,2,5-6,8-9,14H2,1H3. The minimum Gasteiger partial charge on any atom is -0.330 e. The summed E-state index contributed by atoms with van der Waals surface area (Å²) in [7, 11) is 0. The Morgan fingerprint density at radius 3 is 2.79 bits per heavy atom. The molecule has 1 aliphatic rings. The first-order valence-electron chi connectivity index (χ1n) is 5.64. The van der Waals surface area contributed by atoms with Crippen molar-refractivity contribution in [3.63, 3.8) is 0 Å². The molecule has 76 valence electrons. The fraction of sp³-hybridized carbons (Fsp3) is 0.538. The molecule has 0 aliphatic heterocycles. The van der Waals surface area contributed by atoms with Crippen molar-refractivity contribution < 1.29 is 0 Å². The highest BCUT2D eigenvalue weighted by atomic mass is 14.5. The average molecular weight is 189 g/mol. The maximum absolute atomic E-state index is 5.60. The van der Waals surface area contributed by atoms with E-state index >= 15 is 0 Å². The number of nitrogens with two attached hydrogens (primary N) is 1. The van der Waals surface area contributed by atoms with Crippen molar-refractivity contribution in [1.29, 1.82) is 0 Å². The van der Waals surface area contributed by atoms with Gasteiger partial charge in [-0.15, -0.1) is 0 Å². The molecule has 2 rings (SSSR count). The molecular formula is C13H19N. The van der Waals surface area contributed by atoms with E-state index in [0.717, 1.165) is 18.9 Å². The van der Waals surface area contributed by atoms with E-state index in [9.17, 15) is 0 Å². The molecule has 0 radical (unpaired) electrons. The number of hydrogen-bond acceptors (Lipinski definition) is 1. The Labute approximate surface area is 86.3 Å². The van der Waals surface area contributed by atoms with Crippen molar-refractivity contribution in [2.75, 3.05) is 6.54 Å². The van der Waals surface area contributed by atoms with Crippen molar-refractivity contribution in [1.82, 2.24) is 0 Å². The zero-order valence-corrected chi connectivity index (χ0v) is 8.92. The second kappa shape index (κ2) is 4.14. The zero-order chi connectivity index (χ0) is 9.97. The van der Waals surface area contributed by atoms with Gasteiger partial charge >= 0.3 is 0 Å². The summed E-state index contributed by atoms with van der Waals surface area (Å²) in [6, 6.07) is 6.96. The van der Waals surface area contributed by atoms with Crippen LogP contribution in [0.5, 0.6) is 0 Å². The quantitative estimate of drug-likeness (QED) is 0.776. The van der Waals surface area contributed by atoms with E-state index in [1.54, 1.807) is 11.1 Å². The smallest absolute Gasteiger partial charge is 0.00744 e. The van der Waals surface area contributed by atoms with E-state index in [2.05, 4.69) is 25.1 Å². The molecular weight excluding hydrogens is 170 g/mol. The Balaban J connectivity index is 2.14. The summed E-state index contributed by atoms with van der Waals surface area (Å²) < 4.78 is 0. The molecule has 2 N–H and O–H groups in total. The van der Waals surface area contributed by atoms with Crippen LogP contribution in [-0.2, 0) is 19.3 Å². The molecule has 14 heavy (non-hydrogen) atoms. The van der Waals surface area contributed by atoms with Crippen molar-refractivity contribution in [2.45, 2.75) is 32.6 Å². The highest BCUT2D eigenvalue weighted by Gasteiger charge is 2.20. The van der Waals surface area contributed by atoms with Gasteiger partial charge in [-0.05, 0) is 54.8 Å². The lowest BCUT2D eigenvalue weighted by Crippen LogP contribution is -2.08. The molecule has 0 saturated heterocycles. The van der Waals surface area contributed by atoms with Gasteiger partial charge in [0.05, 0.1) is 0 Å². The minimum absolute atomic E-state index is 0.808. The number of fused-ring (bicyclic) bond motifs is 1. The van der Waals surface area contributed by atoms with E-state index < -0.39 is 0 Å². The lowest BCUT2D eigenvalue weighted by molar-refractivity contribution is 0.522. The third kappa shape index (κ3) is 1.83. The summed E-state index contributed by atoms with van der Waals surface area (Å²) in [4.78, 5) is 0. The molecule has 0 fully saturated rings. The Morgan fingerprint density at radius 2 is 2.07 bits per heavy atom. The fourth-order valence-electron chi connectivity index (χ4n) is 2.42. The Morgan fingerprint density at radius 1 is 1.29 bits per heavy atom. The van der Waals surface area contributed by atoms with Crippen molar-refractivity contribution in [3.8, 4) is 0 Å². The van der Waals surface area contributed by atoms with Crippen LogP contribution in [0.4, 0.5) is 0 Å². The molecule has 0 saturated carbocycles. The van der Waals surface area contributed by atoms with E-state index in [-0.39, 0.29) is 0 Å². The van der Waals surface area contributed by atoms with Gasteiger partial charge in [0.2, 0.25) is 0 Å². The zero-order valence-electron chi connectivity index (χ0n) is 8.92. The summed E-state index contributed by atoms with van der Waals surface area (Å²) in [6.45, 7) is 3.05. The number of aryl methyl sites for hydroxylation is 1. The molecule has 1 heteroatoms. The van der Waals surface area contributed by atoms with Gasteiger partial charge in [0.25, 0.3) is 0 Å². The summed E-state index contributed by atoms with van der Waals surface area (Å²) in [5, 5.41) is 0. The van der Waals surface area contributed by atoms with Gasteiger partial charge in [-0.2, -0.15) is 0 Å². The van der Waals surface area contributed by atoms with Crippen LogP contribution in [0, 0.1) is 5.92 Å². The highest BCUT2D eigenvalue weighted by Crippen LogP contribution is 2.29. The van der Waals surface area contributed by atoms with Crippen LogP contribution in [0.15, 0.2) is 18.2 Å². The summed E-state index contributed by atoms with van der Waals surface area (Å²) in [5.41, 5.74) is 10.2. The van der Waals surface area contributed by atoms with Gasteiger partial charge in [0.15, 0.2) is 0 Å². The van der Waals surface area contributed by atoms with Gasteiger partial charge in [0, 0.05) is 0 Å². The molecule has 0 bridgehead atoms. The van der Waals surface area contributed by atoms with Crippen molar-refractivity contribution >= 4 is 0 Å². The fourth-order valence-corrected chi connectivity index (χ4v) is 2.42. The second-order valence-corrected chi connectivity index (χ2v) is 4.31. The van der Waals surface area contributed by atoms with Crippen LogP contribution in [0.25, 0.3) is 0 Å². The third-order valence-electron chi connectivity index (χ3n) is 3.27. The Hall–Kier alpha value is -0.820. The molecule has 0 aromatic heterocycles. The van der Waals surface area contributed by atoms with Crippen LogP contribution in [0.2, 0.25) is 0 Å². The molecule has 1 aliphatic carbocycles. The summed E-state index contributed by atoms with van der Waals surface area (Å²) >= 11 is 0. The predicted octanol–water partition coefficient (Wildman–Crippen LogP) is 2.31. The topological polar surface area (TPSA) is 26.0 Å². The monoisotopic (exact) mass is 189 g/mol. The molecule has 1 aromatic rings. The maximum Gasteiger partial charge on any atom is -0.00744 e. The van der Waals surface area contributed by atoms with Crippen LogP contribution in [0.3, 0.4) is 0 Å². The van der Waals surface area contributed by atoms with Crippen LogP contribution >= 0.6 is 0 Å². The Bertz CT molecular complexity index is 317. The SMILES string of the molecule is CCc1ccc2c(c1)CC(CCN)C2. The lowest BCUT2D eigenvalue weighted by Gasteiger charge is -2.04. The van der Waals surface area contributed by atoms with E-state index in [1.165, 1.54) is 24.8 Å². The van der Waals surface area contributed by atoms with Gasteiger partial charge in [-0.25, -0.2) is 0 Å². The normalized spacial score (nSPS) is 19.7. The molecule has 1 atom stereocenters. The predicted molar refractivity (Wildman–Crippen MR) is 60.4 cm³/mol. The molecule has 1 nitrogen and oxygen atoms in total. The van der Waals surface area contributed by atoms with Crippen molar-refractivity contribution in [2.24, 2.45) is 11.7 Å². The van der Waals surface area contributed by atoms with Gasteiger partial charge in [-0.1, -0.05) is 25.1 Å². The van der Waals surface area contributed by atoms with Crippen LogP contribution in [0.1, 0.15) is 30.0 Å². The molecule has 1 unspecified atom stereocenters. The summed E-state index contributed by atoms with van der Waals surface area (Å²) in [5.74, 6) is 0.808. The molecule has 1 aromatic carbocycles. The molecule has 0 heterocycles. The first kappa shape index (κ1) is 9.72. The Kier molecular flexibility index (Phi) is 2.87. The average Bonchev–Trinajstić information content (AvgIpc) is 2.59. The van der Waals surface area contributed by atoms with E-state index in [1.807, 2.05) is 0 Å². The van der Waals surface area contributed by atoms with E-state index in [4.69, 9.17) is 5.73 Å². The van der Waals surface area contributed by atoms with Gasteiger partial charge in [0.1, 0.15) is 0 Å². The number of benzene rings is 1. The number of hydrogen-bond donors (Lipinski definition) is 1. The van der Waals surface area contributed by atoms with Crippen LogP contribution in [-0.4, -0.2) is 6.54 Å². The highest BCUT2D eigenvalue weighted by molar-refractivity contribution is 5.36. The van der Waals surface area contributed by atoms with Crippen LogP contribution < -0.4 is 5.73 Å². The molecule has 0 amide bonds. The first-order chi connectivity index (χ1) is 6.83. The first-order valence-corrected chi connectivity index (χ1v) is 5.64. The van der Waals surface area contributed by atoms with Crippen molar-refractivity contribution in [3.05, 3.63) is 34.9 Å². The third-order valence-corrected chi connectivity index (χ3v) is 3.27.